The predicted molar refractivity (Wildman–Crippen MR) is 82.9 cm³/mol. The number of nitrogens with zero attached hydrogens (tertiary/aromatic N) is 2. The Morgan fingerprint density at radius 3 is 2.65 bits per heavy atom. The Kier molecular flexibility index (Phi) is 4.04. The summed E-state index contributed by atoms with van der Waals surface area (Å²) in [4.78, 5) is 6.82. The minimum absolute atomic E-state index is 0.729. The number of likely N-dealkylation sites (tertiary alicyclic amines) is 1. The second-order valence-electron chi connectivity index (χ2n) is 5.60. The lowest BCUT2D eigenvalue weighted by Gasteiger charge is -2.39. The van der Waals surface area contributed by atoms with E-state index in [0.717, 1.165) is 42.7 Å². The number of rotatable bonds is 4. The molecular formula is C17H19ClN2. The minimum atomic E-state index is 0.729. The molecule has 20 heavy (non-hydrogen) atoms. The third-order valence-corrected chi connectivity index (χ3v) is 4.38. The van der Waals surface area contributed by atoms with E-state index in [-0.39, 0.29) is 0 Å². The van der Waals surface area contributed by atoms with Crippen LogP contribution in [0.2, 0.25) is 5.02 Å². The van der Waals surface area contributed by atoms with Gasteiger partial charge in [0, 0.05) is 36.5 Å². The maximum absolute atomic E-state index is 6.21. The molecule has 2 nitrogen and oxygen atoms in total. The van der Waals surface area contributed by atoms with E-state index >= 15 is 0 Å². The molecule has 0 N–H and O–H groups in total. The molecule has 104 valence electrons. The Hall–Kier alpha value is -1.38. The van der Waals surface area contributed by atoms with Gasteiger partial charge in [-0.1, -0.05) is 35.9 Å². The summed E-state index contributed by atoms with van der Waals surface area (Å²) in [6.45, 7) is 5.40. The van der Waals surface area contributed by atoms with Gasteiger partial charge in [0.25, 0.3) is 0 Å². The first-order valence-electron chi connectivity index (χ1n) is 7.08. The smallest absolute Gasteiger partial charge is 0.0438 e. The van der Waals surface area contributed by atoms with Crippen molar-refractivity contribution in [3.8, 4) is 0 Å². The van der Waals surface area contributed by atoms with E-state index in [2.05, 4.69) is 35.0 Å². The molecule has 1 saturated heterocycles. The summed E-state index contributed by atoms with van der Waals surface area (Å²) in [5.74, 6) is 0.729. The van der Waals surface area contributed by atoms with Crippen LogP contribution in [-0.2, 0) is 13.0 Å². The van der Waals surface area contributed by atoms with Crippen molar-refractivity contribution in [1.29, 1.82) is 0 Å². The summed E-state index contributed by atoms with van der Waals surface area (Å²) >= 11 is 6.21. The second kappa shape index (κ2) is 5.94. The maximum atomic E-state index is 6.21. The molecule has 2 heterocycles. The first-order chi connectivity index (χ1) is 9.72. The monoisotopic (exact) mass is 286 g/mol. The van der Waals surface area contributed by atoms with Crippen molar-refractivity contribution in [1.82, 2.24) is 9.88 Å². The zero-order valence-corrected chi connectivity index (χ0v) is 12.5. The van der Waals surface area contributed by atoms with Crippen molar-refractivity contribution in [2.45, 2.75) is 19.9 Å². The molecule has 0 unspecified atom stereocenters. The van der Waals surface area contributed by atoms with Crippen LogP contribution < -0.4 is 0 Å². The van der Waals surface area contributed by atoms with Crippen molar-refractivity contribution in [3.05, 3.63) is 64.4 Å². The van der Waals surface area contributed by atoms with E-state index in [9.17, 15) is 0 Å². The van der Waals surface area contributed by atoms with E-state index in [1.54, 1.807) is 0 Å². The highest BCUT2D eigenvalue weighted by atomic mass is 35.5. The number of aromatic nitrogens is 1. The van der Waals surface area contributed by atoms with Crippen LogP contribution in [0.25, 0.3) is 0 Å². The number of halogens is 1. The fourth-order valence-corrected chi connectivity index (χ4v) is 3.05. The first kappa shape index (κ1) is 13.6. The van der Waals surface area contributed by atoms with E-state index in [0.29, 0.717) is 0 Å². The number of aryl methyl sites for hydroxylation is 1. The molecule has 1 aliphatic rings. The summed E-state index contributed by atoms with van der Waals surface area (Å²) in [5, 5.41) is 0.897. The molecular weight excluding hydrogens is 268 g/mol. The Bertz CT molecular complexity index is 540. The summed E-state index contributed by atoms with van der Waals surface area (Å²) < 4.78 is 0. The van der Waals surface area contributed by atoms with Gasteiger partial charge in [-0.05, 0) is 42.5 Å². The Balaban J connectivity index is 1.52. The summed E-state index contributed by atoms with van der Waals surface area (Å²) in [6, 6.07) is 12.4. The van der Waals surface area contributed by atoms with Gasteiger partial charge in [0.2, 0.25) is 0 Å². The lowest BCUT2D eigenvalue weighted by atomic mass is 9.91. The molecule has 1 aromatic carbocycles. The molecule has 0 amide bonds. The molecule has 2 aromatic rings. The summed E-state index contributed by atoms with van der Waals surface area (Å²) in [6.07, 6.45) is 2.94. The van der Waals surface area contributed by atoms with E-state index in [1.165, 1.54) is 11.1 Å². The van der Waals surface area contributed by atoms with Crippen molar-refractivity contribution >= 4 is 11.6 Å². The largest absolute Gasteiger partial charge is 0.298 e. The highest BCUT2D eigenvalue weighted by molar-refractivity contribution is 6.31. The standard InChI is InChI=1S/C17H19ClN2/c1-13-16(6-4-8-19-13)12-20-10-14(11-20)9-15-5-2-3-7-17(15)18/h2-8,14H,9-12H2,1H3. The van der Waals surface area contributed by atoms with E-state index < -0.39 is 0 Å². The zero-order valence-electron chi connectivity index (χ0n) is 11.7. The molecule has 1 fully saturated rings. The van der Waals surface area contributed by atoms with Gasteiger partial charge in [-0.15, -0.1) is 0 Å². The number of hydrogen-bond acceptors (Lipinski definition) is 2. The normalized spacial score (nSPS) is 16.1. The van der Waals surface area contributed by atoms with Crippen LogP contribution in [0.3, 0.4) is 0 Å². The lowest BCUT2D eigenvalue weighted by Crippen LogP contribution is -2.46. The van der Waals surface area contributed by atoms with Crippen molar-refractivity contribution in [3.63, 3.8) is 0 Å². The summed E-state index contributed by atoms with van der Waals surface area (Å²) in [5.41, 5.74) is 3.75. The average Bonchev–Trinajstić information content (AvgIpc) is 2.40. The van der Waals surface area contributed by atoms with Gasteiger partial charge in [-0.25, -0.2) is 0 Å². The molecule has 0 saturated carbocycles. The van der Waals surface area contributed by atoms with Crippen molar-refractivity contribution in [2.24, 2.45) is 5.92 Å². The van der Waals surface area contributed by atoms with Gasteiger partial charge < -0.3 is 0 Å². The average molecular weight is 287 g/mol. The molecule has 3 rings (SSSR count). The SMILES string of the molecule is Cc1ncccc1CN1CC(Cc2ccccc2Cl)C1. The Morgan fingerprint density at radius 1 is 1.15 bits per heavy atom. The van der Waals surface area contributed by atoms with Gasteiger partial charge >= 0.3 is 0 Å². The highest BCUT2D eigenvalue weighted by Gasteiger charge is 2.27. The number of pyridine rings is 1. The van der Waals surface area contributed by atoms with Crippen molar-refractivity contribution in [2.75, 3.05) is 13.1 Å². The topological polar surface area (TPSA) is 16.1 Å². The molecule has 0 aliphatic carbocycles. The lowest BCUT2D eigenvalue weighted by molar-refractivity contribution is 0.0923. The summed E-state index contributed by atoms with van der Waals surface area (Å²) in [7, 11) is 0. The molecule has 1 aromatic heterocycles. The van der Waals surface area contributed by atoms with Gasteiger partial charge in [0.05, 0.1) is 0 Å². The third-order valence-electron chi connectivity index (χ3n) is 4.01. The predicted octanol–water partition coefficient (Wildman–Crippen LogP) is 3.72. The van der Waals surface area contributed by atoms with Crippen LogP contribution in [0, 0.1) is 12.8 Å². The first-order valence-corrected chi connectivity index (χ1v) is 7.46. The van der Waals surface area contributed by atoms with Gasteiger partial charge in [0.1, 0.15) is 0 Å². The molecule has 3 heteroatoms. The highest BCUT2D eigenvalue weighted by Crippen LogP contribution is 2.26. The molecule has 0 radical (unpaired) electrons. The van der Waals surface area contributed by atoms with Gasteiger partial charge in [-0.2, -0.15) is 0 Å². The van der Waals surface area contributed by atoms with Crippen LogP contribution in [0.4, 0.5) is 0 Å². The fourth-order valence-electron chi connectivity index (χ4n) is 2.84. The molecule has 0 bridgehead atoms. The van der Waals surface area contributed by atoms with Crippen LogP contribution in [0.1, 0.15) is 16.8 Å². The van der Waals surface area contributed by atoms with Crippen LogP contribution in [-0.4, -0.2) is 23.0 Å². The fraction of sp³-hybridized carbons (Fsp3) is 0.353. The van der Waals surface area contributed by atoms with Gasteiger partial charge in [0.15, 0.2) is 0 Å². The Labute approximate surface area is 125 Å². The maximum Gasteiger partial charge on any atom is 0.0438 e. The number of hydrogen-bond donors (Lipinski definition) is 0. The van der Waals surface area contributed by atoms with E-state index in [1.807, 2.05) is 24.4 Å². The van der Waals surface area contributed by atoms with Crippen LogP contribution in [0.5, 0.6) is 0 Å². The molecule has 0 atom stereocenters. The second-order valence-corrected chi connectivity index (χ2v) is 6.01. The van der Waals surface area contributed by atoms with Crippen LogP contribution >= 0.6 is 11.6 Å². The number of benzene rings is 1. The van der Waals surface area contributed by atoms with Crippen LogP contribution in [0.15, 0.2) is 42.6 Å². The molecule has 0 spiro atoms. The zero-order chi connectivity index (χ0) is 13.9. The quantitative estimate of drug-likeness (QED) is 0.852. The van der Waals surface area contributed by atoms with Gasteiger partial charge in [-0.3, -0.25) is 9.88 Å². The third kappa shape index (κ3) is 3.02. The minimum Gasteiger partial charge on any atom is -0.298 e. The Morgan fingerprint density at radius 2 is 1.90 bits per heavy atom. The molecule has 1 aliphatic heterocycles. The van der Waals surface area contributed by atoms with E-state index in [4.69, 9.17) is 11.6 Å². The van der Waals surface area contributed by atoms with Crippen molar-refractivity contribution < 1.29 is 0 Å².